The Hall–Kier alpha value is -2.60. The van der Waals surface area contributed by atoms with Crippen molar-refractivity contribution >= 4 is 51.7 Å². The van der Waals surface area contributed by atoms with Gasteiger partial charge in [-0.15, -0.1) is 0 Å². The van der Waals surface area contributed by atoms with Gasteiger partial charge in [-0.1, -0.05) is 83.4 Å². The molecule has 0 aliphatic heterocycles. The Morgan fingerprint density at radius 3 is 1.94 bits per heavy atom. The highest BCUT2D eigenvalue weighted by molar-refractivity contribution is 6.48. The van der Waals surface area contributed by atoms with Gasteiger partial charge in [0.25, 0.3) is 0 Å². The third kappa shape index (κ3) is 5.07. The molecule has 3 aromatic carbocycles. The van der Waals surface area contributed by atoms with Crippen LogP contribution >= 0.6 is 34.8 Å². The number of allylic oxidation sites excluding steroid dienone is 1. The Morgan fingerprint density at radius 2 is 1.41 bits per heavy atom. The van der Waals surface area contributed by atoms with Gasteiger partial charge >= 0.3 is 6.18 Å². The lowest BCUT2D eigenvalue weighted by atomic mass is 9.97. The molecule has 0 radical (unpaired) electrons. The third-order valence-corrected chi connectivity index (χ3v) is 6.02. The molecule has 0 aliphatic rings. The molecule has 0 N–H and O–H groups in total. The van der Waals surface area contributed by atoms with Crippen LogP contribution in [0.5, 0.6) is 5.75 Å². The lowest BCUT2D eigenvalue weighted by Crippen LogP contribution is -2.19. The molecule has 0 saturated heterocycles. The summed E-state index contributed by atoms with van der Waals surface area (Å²) < 4.78 is 42.6. The van der Waals surface area contributed by atoms with E-state index in [0.717, 1.165) is 16.8 Å². The molecule has 0 fully saturated rings. The van der Waals surface area contributed by atoms with Crippen molar-refractivity contribution in [1.82, 2.24) is 4.73 Å². The molecule has 0 spiro atoms. The Kier molecular flexibility index (Phi) is 6.42. The van der Waals surface area contributed by atoms with Crippen LogP contribution in [0.1, 0.15) is 17.0 Å². The van der Waals surface area contributed by atoms with Crippen LogP contribution in [0.3, 0.4) is 0 Å². The number of alkyl halides is 3. The average Bonchev–Trinajstić information content (AvgIpc) is 3.14. The maximum atomic E-state index is 13.7. The molecule has 1 atom stereocenters. The Labute approximate surface area is 197 Å². The van der Waals surface area contributed by atoms with Gasteiger partial charge in [-0.3, -0.25) is 0 Å². The summed E-state index contributed by atoms with van der Waals surface area (Å²) in [5.41, 5.74) is 0.489. The highest BCUT2D eigenvalue weighted by atomic mass is 35.5. The second-order valence-electron chi connectivity index (χ2n) is 7.08. The highest BCUT2D eigenvalue weighted by Crippen LogP contribution is 2.41. The second-order valence-corrected chi connectivity index (χ2v) is 8.28. The van der Waals surface area contributed by atoms with Crippen molar-refractivity contribution in [2.24, 2.45) is 0 Å². The maximum Gasteiger partial charge on any atom is 0.399 e. The van der Waals surface area contributed by atoms with E-state index in [0.29, 0.717) is 11.3 Å². The normalized spacial score (nSPS) is 13.1. The molecule has 8 heteroatoms. The van der Waals surface area contributed by atoms with Crippen molar-refractivity contribution in [1.29, 1.82) is 0 Å². The summed E-state index contributed by atoms with van der Waals surface area (Å²) in [6, 6.07) is 16.9. The first kappa shape index (κ1) is 22.6. The number of hydrogen-bond donors (Lipinski definition) is 0. The molecule has 4 aromatic rings. The molecule has 164 valence electrons. The van der Waals surface area contributed by atoms with Gasteiger partial charge in [-0.2, -0.15) is 17.9 Å². The molecule has 1 aromatic heterocycles. The van der Waals surface area contributed by atoms with Crippen LogP contribution in [-0.2, 0) is 0 Å². The van der Waals surface area contributed by atoms with Crippen LogP contribution in [-0.4, -0.2) is 10.9 Å². The molecule has 32 heavy (non-hydrogen) atoms. The van der Waals surface area contributed by atoms with Gasteiger partial charge in [0, 0.05) is 10.8 Å². The SMILES string of the molecule is FC(F)(F)C(/C=C/c1ccc(On2cc3ccccc3c2)cc1)c1cc(Cl)c(Cl)c(Cl)c1. The second kappa shape index (κ2) is 9.10. The molecular formula is C24H15Cl3F3NO. The van der Waals surface area contributed by atoms with Gasteiger partial charge in [-0.05, 0) is 35.4 Å². The van der Waals surface area contributed by atoms with E-state index in [1.54, 1.807) is 29.0 Å². The molecule has 1 unspecified atom stereocenters. The zero-order valence-electron chi connectivity index (χ0n) is 16.3. The fourth-order valence-corrected chi connectivity index (χ4v) is 3.86. The molecular weight excluding hydrogens is 482 g/mol. The van der Waals surface area contributed by atoms with Crippen molar-refractivity contribution in [2.75, 3.05) is 0 Å². The fourth-order valence-electron chi connectivity index (χ4n) is 3.24. The Bertz CT molecular complexity index is 1220. The Balaban J connectivity index is 1.53. The van der Waals surface area contributed by atoms with Crippen molar-refractivity contribution in [3.8, 4) is 5.75 Å². The van der Waals surface area contributed by atoms with E-state index < -0.39 is 12.1 Å². The first-order valence-electron chi connectivity index (χ1n) is 9.45. The smallest absolute Gasteiger partial charge is 0.376 e. The highest BCUT2D eigenvalue weighted by Gasteiger charge is 2.39. The summed E-state index contributed by atoms with van der Waals surface area (Å²) >= 11 is 17.7. The van der Waals surface area contributed by atoms with Crippen molar-refractivity contribution in [2.45, 2.75) is 12.1 Å². The number of aromatic nitrogens is 1. The zero-order valence-corrected chi connectivity index (χ0v) is 18.6. The quantitative estimate of drug-likeness (QED) is 0.252. The van der Waals surface area contributed by atoms with Crippen LogP contribution < -0.4 is 4.84 Å². The summed E-state index contributed by atoms with van der Waals surface area (Å²) in [6.07, 6.45) is 1.61. The van der Waals surface area contributed by atoms with Crippen molar-refractivity contribution in [3.05, 3.63) is 105 Å². The van der Waals surface area contributed by atoms with E-state index in [4.69, 9.17) is 39.6 Å². The first-order valence-corrected chi connectivity index (χ1v) is 10.6. The van der Waals surface area contributed by atoms with Gasteiger partial charge in [0.15, 0.2) is 5.75 Å². The summed E-state index contributed by atoms with van der Waals surface area (Å²) in [7, 11) is 0. The topological polar surface area (TPSA) is 14.2 Å². The van der Waals surface area contributed by atoms with E-state index in [2.05, 4.69) is 0 Å². The Morgan fingerprint density at radius 1 is 0.844 bits per heavy atom. The number of nitrogens with zero attached hydrogens (tertiary/aromatic N) is 1. The van der Waals surface area contributed by atoms with Crippen LogP contribution in [0.15, 0.2) is 79.1 Å². The van der Waals surface area contributed by atoms with Crippen LogP contribution in [0.4, 0.5) is 13.2 Å². The number of hydrogen-bond acceptors (Lipinski definition) is 1. The number of fused-ring (bicyclic) bond motifs is 1. The van der Waals surface area contributed by atoms with Gasteiger partial charge < -0.3 is 4.84 Å². The minimum absolute atomic E-state index is 0.0214. The summed E-state index contributed by atoms with van der Waals surface area (Å²) in [5, 5.41) is 2.03. The monoisotopic (exact) mass is 495 g/mol. The van der Waals surface area contributed by atoms with E-state index in [1.807, 2.05) is 36.7 Å². The molecule has 0 saturated carbocycles. The minimum Gasteiger partial charge on any atom is -0.376 e. The van der Waals surface area contributed by atoms with Gasteiger partial charge in [0.2, 0.25) is 0 Å². The summed E-state index contributed by atoms with van der Waals surface area (Å²) in [6.45, 7) is 0. The molecule has 2 nitrogen and oxygen atoms in total. The minimum atomic E-state index is -4.53. The third-order valence-electron chi connectivity index (χ3n) is 4.82. The summed E-state index contributed by atoms with van der Waals surface area (Å²) in [4.78, 5) is 5.78. The maximum absolute atomic E-state index is 13.7. The molecule has 0 bridgehead atoms. The first-order chi connectivity index (χ1) is 15.2. The number of halogens is 6. The van der Waals surface area contributed by atoms with Crippen LogP contribution in [0.25, 0.3) is 16.8 Å². The molecule has 4 rings (SSSR count). The fraction of sp³-hybridized carbons (Fsp3) is 0.0833. The molecule has 0 aliphatic carbocycles. The average molecular weight is 497 g/mol. The molecule has 0 amide bonds. The van der Waals surface area contributed by atoms with E-state index in [-0.39, 0.29) is 20.6 Å². The predicted molar refractivity (Wildman–Crippen MR) is 124 cm³/mol. The number of rotatable bonds is 5. The number of benzene rings is 3. The molecule has 1 heterocycles. The van der Waals surface area contributed by atoms with Gasteiger partial charge in [-0.25, -0.2) is 0 Å². The standard InChI is InChI=1S/C24H15Cl3F3NO/c25-21-11-18(12-22(26)23(21)27)20(24(28,29)30)10-7-15-5-8-19(9-6-15)32-31-13-16-3-1-2-4-17(16)14-31/h1-14,20H/b10-7+. The zero-order chi connectivity index (χ0) is 22.9. The van der Waals surface area contributed by atoms with Gasteiger partial charge in [0.05, 0.1) is 33.4 Å². The van der Waals surface area contributed by atoms with Gasteiger partial charge in [0.1, 0.15) is 0 Å². The lowest BCUT2D eigenvalue weighted by molar-refractivity contribution is -0.139. The predicted octanol–water partition coefficient (Wildman–Crippen LogP) is 8.80. The summed E-state index contributed by atoms with van der Waals surface area (Å²) in [5.74, 6) is -1.34. The van der Waals surface area contributed by atoms with Crippen molar-refractivity contribution < 1.29 is 18.0 Å². The van der Waals surface area contributed by atoms with Crippen LogP contribution in [0.2, 0.25) is 15.1 Å². The van der Waals surface area contributed by atoms with Crippen LogP contribution in [0, 0.1) is 0 Å². The van der Waals surface area contributed by atoms with E-state index >= 15 is 0 Å². The van der Waals surface area contributed by atoms with E-state index in [9.17, 15) is 13.2 Å². The lowest BCUT2D eigenvalue weighted by Gasteiger charge is -2.18. The largest absolute Gasteiger partial charge is 0.399 e. The van der Waals surface area contributed by atoms with E-state index in [1.165, 1.54) is 18.2 Å². The van der Waals surface area contributed by atoms with Crippen molar-refractivity contribution in [3.63, 3.8) is 0 Å².